The Morgan fingerprint density at radius 3 is 2.20 bits per heavy atom. The van der Waals surface area contributed by atoms with Gasteiger partial charge in [0.05, 0.1) is 10.4 Å². The van der Waals surface area contributed by atoms with Crippen molar-refractivity contribution in [3.8, 4) is 16.9 Å². The van der Waals surface area contributed by atoms with E-state index in [1.807, 2.05) is 30.3 Å². The van der Waals surface area contributed by atoms with Crippen LogP contribution in [0.15, 0.2) is 77.7 Å². The molecule has 6 nitrogen and oxygen atoms in total. The Labute approximate surface area is 206 Å². The SMILES string of the molecule is O=C(O)CN(C1(c2ccc(-c3cccc(Cl)c3)cc2)CCC1)S(=O)(=O)c1ccc(OC(F)F)cc1. The lowest BCUT2D eigenvalue weighted by Crippen LogP contribution is -2.55. The van der Waals surface area contributed by atoms with E-state index in [9.17, 15) is 27.1 Å². The first-order chi connectivity index (χ1) is 16.6. The molecule has 0 aliphatic heterocycles. The van der Waals surface area contributed by atoms with Gasteiger partial charge in [-0.25, -0.2) is 8.42 Å². The molecule has 0 atom stereocenters. The number of halogens is 3. The van der Waals surface area contributed by atoms with Crippen LogP contribution < -0.4 is 4.74 Å². The van der Waals surface area contributed by atoms with Gasteiger partial charge in [-0.05, 0) is 72.4 Å². The van der Waals surface area contributed by atoms with Crippen LogP contribution in [0.4, 0.5) is 8.78 Å². The van der Waals surface area contributed by atoms with Crippen LogP contribution in [-0.4, -0.2) is 37.0 Å². The zero-order valence-electron chi connectivity index (χ0n) is 18.4. The Bertz CT molecular complexity index is 1310. The third-order valence-electron chi connectivity index (χ3n) is 6.15. The number of carboxylic acids is 1. The van der Waals surface area contributed by atoms with Gasteiger partial charge in [-0.2, -0.15) is 13.1 Å². The van der Waals surface area contributed by atoms with Gasteiger partial charge in [0.15, 0.2) is 0 Å². The summed E-state index contributed by atoms with van der Waals surface area (Å²) in [5.74, 6) is -1.49. The van der Waals surface area contributed by atoms with Crippen LogP contribution in [0.3, 0.4) is 0 Å². The van der Waals surface area contributed by atoms with E-state index in [2.05, 4.69) is 4.74 Å². The molecule has 1 fully saturated rings. The van der Waals surface area contributed by atoms with Crippen molar-refractivity contribution in [2.45, 2.75) is 36.3 Å². The van der Waals surface area contributed by atoms with Gasteiger partial charge < -0.3 is 9.84 Å². The van der Waals surface area contributed by atoms with Gasteiger partial charge in [0.2, 0.25) is 10.0 Å². The van der Waals surface area contributed by atoms with Gasteiger partial charge in [-0.15, -0.1) is 0 Å². The van der Waals surface area contributed by atoms with Crippen LogP contribution in [0.25, 0.3) is 11.1 Å². The lowest BCUT2D eigenvalue weighted by Gasteiger charge is -2.49. The summed E-state index contributed by atoms with van der Waals surface area (Å²) in [4.78, 5) is 11.5. The zero-order chi connectivity index (χ0) is 25.2. The summed E-state index contributed by atoms with van der Waals surface area (Å²) in [7, 11) is -4.28. The summed E-state index contributed by atoms with van der Waals surface area (Å²) < 4.78 is 57.4. The van der Waals surface area contributed by atoms with Crippen molar-refractivity contribution in [3.63, 3.8) is 0 Å². The van der Waals surface area contributed by atoms with E-state index in [4.69, 9.17) is 11.6 Å². The molecule has 0 spiro atoms. The monoisotopic (exact) mass is 521 g/mol. The molecule has 4 rings (SSSR count). The van der Waals surface area contributed by atoms with Crippen molar-refractivity contribution in [1.29, 1.82) is 0 Å². The number of benzene rings is 3. The van der Waals surface area contributed by atoms with Crippen molar-refractivity contribution in [2.24, 2.45) is 0 Å². The molecule has 0 bridgehead atoms. The van der Waals surface area contributed by atoms with E-state index in [-0.39, 0.29) is 10.6 Å². The Kier molecular flexibility index (Phi) is 7.12. The molecule has 35 heavy (non-hydrogen) atoms. The van der Waals surface area contributed by atoms with Crippen molar-refractivity contribution < 1.29 is 31.8 Å². The topological polar surface area (TPSA) is 83.9 Å². The first kappa shape index (κ1) is 25.1. The lowest BCUT2D eigenvalue weighted by molar-refractivity contribution is -0.139. The molecule has 0 aromatic heterocycles. The molecule has 0 unspecified atom stereocenters. The molecule has 1 aliphatic rings. The van der Waals surface area contributed by atoms with E-state index < -0.39 is 34.7 Å². The average Bonchev–Trinajstić information content (AvgIpc) is 2.78. The molecule has 0 radical (unpaired) electrons. The average molecular weight is 522 g/mol. The summed E-state index contributed by atoms with van der Waals surface area (Å²) in [5.41, 5.74) is 1.42. The van der Waals surface area contributed by atoms with Gasteiger partial charge in [-0.1, -0.05) is 48.0 Å². The van der Waals surface area contributed by atoms with Crippen LogP contribution in [0.2, 0.25) is 5.02 Å². The number of nitrogens with zero attached hydrogens (tertiary/aromatic N) is 1. The second-order valence-corrected chi connectivity index (χ2v) is 10.5. The third kappa shape index (κ3) is 5.17. The first-order valence-corrected chi connectivity index (χ1v) is 12.6. The molecule has 0 amide bonds. The van der Waals surface area contributed by atoms with Crippen molar-refractivity contribution >= 4 is 27.6 Å². The maximum atomic E-state index is 13.6. The van der Waals surface area contributed by atoms with Gasteiger partial charge in [-0.3, -0.25) is 4.79 Å². The maximum Gasteiger partial charge on any atom is 0.387 e. The van der Waals surface area contributed by atoms with E-state index in [0.29, 0.717) is 23.4 Å². The third-order valence-corrected chi connectivity index (χ3v) is 8.32. The lowest BCUT2D eigenvalue weighted by atomic mass is 9.71. The number of rotatable bonds is 9. The summed E-state index contributed by atoms with van der Waals surface area (Å²) in [6.07, 6.45) is 1.62. The van der Waals surface area contributed by atoms with Crippen LogP contribution in [0.5, 0.6) is 5.75 Å². The highest BCUT2D eigenvalue weighted by atomic mass is 35.5. The molecule has 1 N–H and O–H groups in total. The Balaban J connectivity index is 1.71. The minimum atomic E-state index is -4.28. The fourth-order valence-electron chi connectivity index (χ4n) is 4.34. The summed E-state index contributed by atoms with van der Waals surface area (Å²) >= 11 is 6.09. The Morgan fingerprint density at radius 2 is 1.69 bits per heavy atom. The maximum absolute atomic E-state index is 13.6. The first-order valence-electron chi connectivity index (χ1n) is 10.8. The van der Waals surface area contributed by atoms with Crippen molar-refractivity contribution in [2.75, 3.05) is 6.54 Å². The Morgan fingerprint density at radius 1 is 1.03 bits per heavy atom. The highest BCUT2D eigenvalue weighted by Crippen LogP contribution is 2.49. The summed E-state index contributed by atoms with van der Waals surface area (Å²) in [5, 5.41) is 10.2. The number of ether oxygens (including phenoxy) is 1. The molecule has 10 heteroatoms. The van der Waals surface area contributed by atoms with Gasteiger partial charge >= 0.3 is 12.6 Å². The highest BCUT2D eigenvalue weighted by molar-refractivity contribution is 7.89. The number of carbonyl (C=O) groups is 1. The van der Waals surface area contributed by atoms with Crippen LogP contribution in [-0.2, 0) is 20.4 Å². The minimum absolute atomic E-state index is 0.196. The molecule has 1 aliphatic carbocycles. The molecule has 0 heterocycles. The van der Waals surface area contributed by atoms with Gasteiger partial charge in [0.25, 0.3) is 0 Å². The molecular formula is C25H22ClF2NO5S. The van der Waals surface area contributed by atoms with Crippen molar-refractivity contribution in [1.82, 2.24) is 4.31 Å². The quantitative estimate of drug-likeness (QED) is 0.387. The normalized spacial score (nSPS) is 15.1. The van der Waals surface area contributed by atoms with E-state index in [0.717, 1.165) is 46.1 Å². The van der Waals surface area contributed by atoms with E-state index >= 15 is 0 Å². The molecule has 3 aromatic rings. The number of carboxylic acid groups (broad SMARTS) is 1. The number of alkyl halides is 2. The molecule has 0 saturated heterocycles. The van der Waals surface area contributed by atoms with Gasteiger partial charge in [0, 0.05) is 5.02 Å². The predicted octanol–water partition coefficient (Wildman–Crippen LogP) is 5.76. The van der Waals surface area contributed by atoms with Crippen LogP contribution in [0, 0.1) is 0 Å². The van der Waals surface area contributed by atoms with E-state index in [1.165, 1.54) is 0 Å². The second-order valence-electron chi connectivity index (χ2n) is 8.23. The predicted molar refractivity (Wildman–Crippen MR) is 127 cm³/mol. The minimum Gasteiger partial charge on any atom is -0.480 e. The fourth-order valence-corrected chi connectivity index (χ4v) is 6.30. The fraction of sp³-hybridized carbons (Fsp3) is 0.240. The highest BCUT2D eigenvalue weighted by Gasteiger charge is 2.50. The standard InChI is InChI=1S/C25H22ClF2NO5S/c26-20-4-1-3-18(15-20)17-5-7-19(8-6-17)25(13-2-14-25)29(16-23(30)31)35(32,33)22-11-9-21(10-12-22)34-24(27)28/h1,3-12,15,24H,2,13-14,16H2,(H,30,31). The van der Waals surface area contributed by atoms with Crippen molar-refractivity contribution in [3.05, 3.63) is 83.4 Å². The number of hydrogen-bond donors (Lipinski definition) is 1. The van der Waals surface area contributed by atoms with E-state index in [1.54, 1.807) is 18.2 Å². The molecular weight excluding hydrogens is 500 g/mol. The smallest absolute Gasteiger partial charge is 0.387 e. The number of sulfonamides is 1. The molecule has 1 saturated carbocycles. The van der Waals surface area contributed by atoms with Crippen LogP contribution >= 0.6 is 11.6 Å². The van der Waals surface area contributed by atoms with Gasteiger partial charge in [0.1, 0.15) is 12.3 Å². The molecule has 184 valence electrons. The molecule has 3 aromatic carbocycles. The summed E-state index contributed by atoms with van der Waals surface area (Å²) in [6, 6.07) is 19.1. The largest absolute Gasteiger partial charge is 0.480 e. The zero-order valence-corrected chi connectivity index (χ0v) is 20.0. The number of aliphatic carboxylic acids is 1. The van der Waals surface area contributed by atoms with Crippen LogP contribution in [0.1, 0.15) is 24.8 Å². The second kappa shape index (κ2) is 9.93. The number of hydrogen-bond acceptors (Lipinski definition) is 4. The summed E-state index contributed by atoms with van der Waals surface area (Å²) in [6.45, 7) is -3.79. The Hall–Kier alpha value is -3.01.